The fourth-order valence-corrected chi connectivity index (χ4v) is 7.62. The van der Waals surface area contributed by atoms with Crippen LogP contribution in [0, 0.1) is 23.2 Å². The van der Waals surface area contributed by atoms with Crippen molar-refractivity contribution >= 4 is 47.4 Å². The lowest BCUT2D eigenvalue weighted by atomic mass is 9.51. The maximum atomic E-state index is 13.5. The minimum Gasteiger partial charge on any atom is -0.459 e. The molecule has 0 aromatic rings. The summed E-state index contributed by atoms with van der Waals surface area (Å²) in [6.07, 6.45) is -5.60. The minimum atomic E-state index is -2.39. The number of ether oxygens (including phenoxy) is 7. The largest absolute Gasteiger partial charge is 0.459 e. The van der Waals surface area contributed by atoms with Gasteiger partial charge in [0.05, 0.1) is 17.9 Å². The van der Waals surface area contributed by atoms with E-state index in [9.17, 15) is 39.0 Å². The Morgan fingerprint density at radius 3 is 2.06 bits per heavy atom. The Hall–Kier alpha value is -3.53. The van der Waals surface area contributed by atoms with Crippen LogP contribution >= 0.6 is 11.6 Å². The highest BCUT2D eigenvalue weighted by Crippen LogP contribution is 2.63. The van der Waals surface area contributed by atoms with Gasteiger partial charge in [0.15, 0.2) is 30.0 Å². The first-order chi connectivity index (χ1) is 22.9. The van der Waals surface area contributed by atoms with Crippen molar-refractivity contribution in [1.82, 2.24) is 0 Å². The molecule has 3 fully saturated rings. The number of hydrogen-bond acceptors (Lipinski definition) is 15. The van der Waals surface area contributed by atoms with Crippen LogP contribution in [0.3, 0.4) is 0 Å². The van der Waals surface area contributed by atoms with Gasteiger partial charge in [-0.3, -0.25) is 24.0 Å². The van der Waals surface area contributed by atoms with Gasteiger partial charge < -0.3 is 43.4 Å². The Morgan fingerprint density at radius 1 is 0.959 bits per heavy atom. The number of aliphatic hydroxyl groups is 2. The molecule has 2 aliphatic carbocycles. The first-order valence-electron chi connectivity index (χ1n) is 15.9. The van der Waals surface area contributed by atoms with E-state index >= 15 is 0 Å². The van der Waals surface area contributed by atoms with Crippen LogP contribution < -0.4 is 0 Å². The van der Waals surface area contributed by atoms with Crippen molar-refractivity contribution in [2.24, 2.45) is 23.2 Å². The van der Waals surface area contributed by atoms with E-state index in [0.717, 1.165) is 20.8 Å². The number of hydrogen-bond donors (Lipinski definition) is 2. The Balaban J connectivity index is 2.17. The molecule has 1 spiro atoms. The number of allylic oxidation sites excluding steroid dienone is 2. The van der Waals surface area contributed by atoms with Crippen molar-refractivity contribution in [2.75, 3.05) is 19.1 Å². The fourth-order valence-electron chi connectivity index (χ4n) is 7.44. The van der Waals surface area contributed by atoms with E-state index in [1.165, 1.54) is 32.1 Å². The third kappa shape index (κ3) is 7.08. The molecular weight excluding hydrogens is 672 g/mol. The number of carbonyl (C=O) groups excluding carboxylic acids is 6. The Kier molecular flexibility index (Phi) is 11.2. The van der Waals surface area contributed by atoms with Crippen molar-refractivity contribution < 1.29 is 72.1 Å². The molecule has 11 unspecified atom stereocenters. The molecular formula is C33H43ClO15. The summed E-state index contributed by atoms with van der Waals surface area (Å²) in [4.78, 5) is 77.9. The second kappa shape index (κ2) is 14.4. The predicted octanol–water partition coefficient (Wildman–Crippen LogP) is 1.08. The SMILES string of the molecule is CC(=O)OC1C(OC(C)=O)C2(CO2)C2C(OC(C)=O)C3(O)C(C=C(CCl)C=CC(OC(=O)CO)C2(C)C1OC(=O)CC(C)C)OC(=O)C3C. The van der Waals surface area contributed by atoms with Crippen molar-refractivity contribution in [3.8, 4) is 0 Å². The molecule has 2 heterocycles. The smallest absolute Gasteiger partial charge is 0.332 e. The van der Waals surface area contributed by atoms with Gasteiger partial charge in [-0.1, -0.05) is 26.8 Å². The number of fused-ring (bicyclic) bond motifs is 3. The average Bonchev–Trinajstić information content (AvgIpc) is 3.75. The van der Waals surface area contributed by atoms with Gasteiger partial charge in [-0.25, -0.2) is 4.79 Å². The third-order valence-corrected chi connectivity index (χ3v) is 9.91. The summed E-state index contributed by atoms with van der Waals surface area (Å²) in [5, 5.41) is 22.5. The zero-order valence-corrected chi connectivity index (χ0v) is 29.1. The summed E-state index contributed by atoms with van der Waals surface area (Å²) < 4.78 is 41.1. The molecule has 0 bridgehead atoms. The van der Waals surface area contributed by atoms with E-state index in [-0.39, 0.29) is 30.4 Å². The summed E-state index contributed by atoms with van der Waals surface area (Å²) >= 11 is 6.26. The van der Waals surface area contributed by atoms with Crippen LogP contribution in [-0.2, 0) is 61.9 Å². The molecule has 2 saturated heterocycles. The van der Waals surface area contributed by atoms with Gasteiger partial charge in [0.1, 0.15) is 24.4 Å². The predicted molar refractivity (Wildman–Crippen MR) is 165 cm³/mol. The van der Waals surface area contributed by atoms with Crippen LogP contribution in [0.1, 0.15) is 54.9 Å². The lowest BCUT2D eigenvalue weighted by molar-refractivity contribution is -0.280. The fraction of sp³-hybridized carbons (Fsp3) is 0.697. The van der Waals surface area contributed by atoms with E-state index < -0.39 is 107 Å². The molecule has 272 valence electrons. The van der Waals surface area contributed by atoms with Crippen molar-refractivity contribution in [1.29, 1.82) is 0 Å². The van der Waals surface area contributed by atoms with E-state index in [0.29, 0.717) is 0 Å². The highest BCUT2D eigenvalue weighted by Gasteiger charge is 2.81. The van der Waals surface area contributed by atoms with Crippen LogP contribution in [0.5, 0.6) is 0 Å². The van der Waals surface area contributed by atoms with Gasteiger partial charge in [0.25, 0.3) is 0 Å². The molecule has 0 aromatic carbocycles. The van der Waals surface area contributed by atoms with Crippen LogP contribution in [-0.4, -0.2) is 113 Å². The lowest BCUT2D eigenvalue weighted by Crippen LogP contribution is -2.76. The number of aliphatic hydroxyl groups excluding tert-OH is 1. The zero-order valence-electron chi connectivity index (χ0n) is 28.3. The number of halogens is 1. The molecule has 0 aromatic heterocycles. The molecule has 2 N–H and O–H groups in total. The first kappa shape index (κ1) is 38.3. The summed E-state index contributed by atoms with van der Waals surface area (Å²) in [5.74, 6) is -8.64. The Morgan fingerprint density at radius 2 is 1.55 bits per heavy atom. The Bertz CT molecular complexity index is 1420. The van der Waals surface area contributed by atoms with E-state index in [2.05, 4.69) is 0 Å². The first-order valence-corrected chi connectivity index (χ1v) is 16.4. The van der Waals surface area contributed by atoms with Gasteiger partial charge in [-0.15, -0.1) is 11.6 Å². The van der Waals surface area contributed by atoms with Crippen LogP contribution in [0.2, 0.25) is 0 Å². The number of rotatable bonds is 9. The van der Waals surface area contributed by atoms with Crippen LogP contribution in [0.25, 0.3) is 0 Å². The highest BCUT2D eigenvalue weighted by atomic mass is 35.5. The molecule has 4 rings (SSSR count). The number of esters is 6. The van der Waals surface area contributed by atoms with Crippen LogP contribution in [0.4, 0.5) is 0 Å². The van der Waals surface area contributed by atoms with Crippen molar-refractivity contribution in [3.05, 3.63) is 23.8 Å². The molecule has 0 radical (unpaired) electrons. The zero-order chi connectivity index (χ0) is 36.6. The normalized spacial score (nSPS) is 37.9. The maximum Gasteiger partial charge on any atom is 0.332 e. The van der Waals surface area contributed by atoms with Crippen molar-refractivity contribution in [3.63, 3.8) is 0 Å². The van der Waals surface area contributed by atoms with Gasteiger partial charge in [0.2, 0.25) is 0 Å². The molecule has 2 aliphatic heterocycles. The second-order valence-corrected chi connectivity index (χ2v) is 13.8. The second-order valence-electron chi connectivity index (χ2n) is 13.5. The number of epoxide rings is 1. The summed E-state index contributed by atoms with van der Waals surface area (Å²) in [6.45, 7) is 8.26. The topological polar surface area (TPSA) is 211 Å². The summed E-state index contributed by atoms with van der Waals surface area (Å²) in [7, 11) is 0. The third-order valence-electron chi connectivity index (χ3n) is 9.60. The highest BCUT2D eigenvalue weighted by molar-refractivity contribution is 6.19. The van der Waals surface area contributed by atoms with E-state index in [4.69, 9.17) is 44.8 Å². The van der Waals surface area contributed by atoms with Crippen LogP contribution in [0.15, 0.2) is 23.8 Å². The summed E-state index contributed by atoms with van der Waals surface area (Å²) in [5.41, 5.74) is -5.81. The van der Waals surface area contributed by atoms with Crippen molar-refractivity contribution in [2.45, 2.75) is 103 Å². The molecule has 15 nitrogen and oxygen atoms in total. The van der Waals surface area contributed by atoms with E-state index in [1.54, 1.807) is 13.8 Å². The average molecular weight is 715 g/mol. The minimum absolute atomic E-state index is 0.126. The molecule has 1 saturated carbocycles. The molecule has 4 aliphatic rings. The van der Waals surface area contributed by atoms with Gasteiger partial charge in [0, 0.05) is 39.0 Å². The standard InChI is InChI=1S/C33H43ClO15/c1-15(2)10-23(39)49-27-25(44-17(4)36)28(45-18(5)37)32(14-43-32)26-29(46-19(6)38)33(42)16(3)30(41)48-22(33)11-20(12-34)8-9-21(31(26,27)7)47-24(40)13-35/h8-9,11,15-16,21-22,25-29,35,42H,10,12-14H2,1-7H3. The van der Waals surface area contributed by atoms with Gasteiger partial charge >= 0.3 is 35.8 Å². The molecule has 11 atom stereocenters. The lowest BCUT2D eigenvalue weighted by Gasteiger charge is -2.59. The van der Waals surface area contributed by atoms with E-state index in [1.807, 2.05) is 0 Å². The number of carbonyl (C=O) groups is 6. The van der Waals surface area contributed by atoms with Gasteiger partial charge in [-0.2, -0.15) is 0 Å². The van der Waals surface area contributed by atoms with Gasteiger partial charge in [-0.05, 0) is 30.6 Å². The quantitative estimate of drug-likeness (QED) is 0.148. The molecule has 0 amide bonds. The Labute approximate surface area is 288 Å². The molecule has 16 heteroatoms. The number of alkyl halides is 1. The monoisotopic (exact) mass is 714 g/mol. The summed E-state index contributed by atoms with van der Waals surface area (Å²) in [6, 6.07) is 0. The maximum absolute atomic E-state index is 13.5. The molecule has 49 heavy (non-hydrogen) atoms.